The minimum Gasteiger partial charge on any atom is -0.387 e. The van der Waals surface area contributed by atoms with Gasteiger partial charge in [-0.1, -0.05) is 25.1 Å². The van der Waals surface area contributed by atoms with E-state index in [1.165, 1.54) is 6.07 Å². The lowest BCUT2D eigenvalue weighted by Gasteiger charge is -2.20. The molecule has 1 aromatic rings. The van der Waals surface area contributed by atoms with E-state index in [1.807, 2.05) is 24.9 Å². The predicted molar refractivity (Wildman–Crippen MR) is 63.8 cm³/mol. The SMILES string of the molecule is CC(CN(C)Cc1ccccc1F)C(=N)N. The van der Waals surface area contributed by atoms with Crippen LogP contribution in [0.3, 0.4) is 0 Å². The molecule has 0 radical (unpaired) electrons. The fourth-order valence-electron chi connectivity index (χ4n) is 1.55. The van der Waals surface area contributed by atoms with Gasteiger partial charge in [0.1, 0.15) is 5.82 Å². The molecule has 0 fully saturated rings. The number of rotatable bonds is 5. The Bertz CT molecular complexity index is 365. The number of halogens is 1. The Hall–Kier alpha value is -1.42. The standard InChI is InChI=1S/C12H18FN3/c1-9(12(14)15)7-16(2)8-10-5-3-4-6-11(10)13/h3-6,9H,7-8H2,1-2H3,(H3,14,15). The summed E-state index contributed by atoms with van der Waals surface area (Å²) < 4.78 is 13.4. The van der Waals surface area contributed by atoms with Gasteiger partial charge in [0.05, 0.1) is 5.84 Å². The molecule has 1 unspecified atom stereocenters. The third-order valence-corrected chi connectivity index (χ3v) is 2.51. The summed E-state index contributed by atoms with van der Waals surface area (Å²) in [5.41, 5.74) is 6.06. The Kier molecular flexibility index (Phi) is 4.43. The molecular weight excluding hydrogens is 205 g/mol. The Balaban J connectivity index is 2.55. The molecule has 0 amide bonds. The van der Waals surface area contributed by atoms with Crippen LogP contribution in [-0.4, -0.2) is 24.3 Å². The van der Waals surface area contributed by atoms with Crippen molar-refractivity contribution >= 4 is 5.84 Å². The van der Waals surface area contributed by atoms with Gasteiger partial charge in [0.2, 0.25) is 0 Å². The van der Waals surface area contributed by atoms with E-state index in [1.54, 1.807) is 12.1 Å². The number of nitrogens with two attached hydrogens (primary N) is 1. The van der Waals surface area contributed by atoms with Gasteiger partial charge in [0.15, 0.2) is 0 Å². The van der Waals surface area contributed by atoms with Crippen LogP contribution in [0.2, 0.25) is 0 Å². The summed E-state index contributed by atoms with van der Waals surface area (Å²) in [6.07, 6.45) is 0. The Morgan fingerprint density at radius 1 is 1.50 bits per heavy atom. The van der Waals surface area contributed by atoms with Crippen molar-refractivity contribution in [3.05, 3.63) is 35.6 Å². The van der Waals surface area contributed by atoms with E-state index in [-0.39, 0.29) is 17.6 Å². The second-order valence-corrected chi connectivity index (χ2v) is 4.14. The van der Waals surface area contributed by atoms with Gasteiger partial charge in [-0.05, 0) is 13.1 Å². The van der Waals surface area contributed by atoms with Crippen LogP contribution in [0.15, 0.2) is 24.3 Å². The van der Waals surface area contributed by atoms with Crippen molar-refractivity contribution in [2.45, 2.75) is 13.5 Å². The zero-order valence-electron chi connectivity index (χ0n) is 9.70. The topological polar surface area (TPSA) is 53.1 Å². The van der Waals surface area contributed by atoms with Crippen molar-refractivity contribution in [1.29, 1.82) is 5.41 Å². The summed E-state index contributed by atoms with van der Waals surface area (Å²) >= 11 is 0. The molecule has 0 aliphatic rings. The summed E-state index contributed by atoms with van der Waals surface area (Å²) in [6.45, 7) is 3.08. The van der Waals surface area contributed by atoms with Gasteiger partial charge in [-0.15, -0.1) is 0 Å². The smallest absolute Gasteiger partial charge is 0.127 e. The van der Waals surface area contributed by atoms with E-state index >= 15 is 0 Å². The van der Waals surface area contributed by atoms with Crippen LogP contribution in [0.25, 0.3) is 0 Å². The highest BCUT2D eigenvalue weighted by molar-refractivity contribution is 5.79. The normalized spacial score (nSPS) is 12.8. The van der Waals surface area contributed by atoms with E-state index in [0.29, 0.717) is 18.7 Å². The molecule has 16 heavy (non-hydrogen) atoms. The number of benzene rings is 1. The molecular formula is C12H18FN3. The van der Waals surface area contributed by atoms with Gasteiger partial charge in [0.25, 0.3) is 0 Å². The van der Waals surface area contributed by atoms with Gasteiger partial charge >= 0.3 is 0 Å². The van der Waals surface area contributed by atoms with Gasteiger partial charge < -0.3 is 10.6 Å². The molecule has 3 nitrogen and oxygen atoms in total. The molecule has 4 heteroatoms. The van der Waals surface area contributed by atoms with Crippen molar-refractivity contribution in [2.75, 3.05) is 13.6 Å². The van der Waals surface area contributed by atoms with E-state index in [2.05, 4.69) is 0 Å². The number of amidine groups is 1. The van der Waals surface area contributed by atoms with Crippen molar-refractivity contribution < 1.29 is 4.39 Å². The summed E-state index contributed by atoms with van der Waals surface area (Å²) in [7, 11) is 1.89. The highest BCUT2D eigenvalue weighted by Crippen LogP contribution is 2.09. The Labute approximate surface area is 95.6 Å². The molecule has 0 spiro atoms. The van der Waals surface area contributed by atoms with Crippen LogP contribution in [0, 0.1) is 17.1 Å². The van der Waals surface area contributed by atoms with Crippen LogP contribution >= 0.6 is 0 Å². The zero-order chi connectivity index (χ0) is 12.1. The van der Waals surface area contributed by atoms with Crippen LogP contribution in [0.5, 0.6) is 0 Å². The van der Waals surface area contributed by atoms with E-state index < -0.39 is 0 Å². The molecule has 0 aliphatic heterocycles. The molecule has 0 heterocycles. The molecule has 88 valence electrons. The molecule has 0 aromatic heterocycles. The first-order valence-electron chi connectivity index (χ1n) is 5.26. The molecule has 0 saturated carbocycles. The Morgan fingerprint density at radius 2 is 2.12 bits per heavy atom. The fourth-order valence-corrected chi connectivity index (χ4v) is 1.55. The first kappa shape index (κ1) is 12.6. The van der Waals surface area contributed by atoms with Crippen molar-refractivity contribution in [1.82, 2.24) is 4.90 Å². The number of hydrogen-bond donors (Lipinski definition) is 2. The van der Waals surface area contributed by atoms with E-state index in [4.69, 9.17) is 11.1 Å². The first-order chi connectivity index (χ1) is 7.50. The summed E-state index contributed by atoms with van der Waals surface area (Å²) in [6, 6.07) is 6.72. The van der Waals surface area contributed by atoms with Crippen LogP contribution < -0.4 is 5.73 Å². The van der Waals surface area contributed by atoms with Crippen LogP contribution in [-0.2, 0) is 6.54 Å². The minimum absolute atomic E-state index is 0.00299. The molecule has 0 saturated heterocycles. The lowest BCUT2D eigenvalue weighted by atomic mass is 10.1. The predicted octanol–water partition coefficient (Wildman–Crippen LogP) is 1.83. The van der Waals surface area contributed by atoms with Crippen LogP contribution in [0.4, 0.5) is 4.39 Å². The number of nitrogens with zero attached hydrogens (tertiary/aromatic N) is 1. The average Bonchev–Trinajstić information content (AvgIpc) is 2.21. The number of hydrogen-bond acceptors (Lipinski definition) is 2. The average molecular weight is 223 g/mol. The zero-order valence-corrected chi connectivity index (χ0v) is 9.70. The van der Waals surface area contributed by atoms with Crippen molar-refractivity contribution in [2.24, 2.45) is 11.7 Å². The fraction of sp³-hybridized carbons (Fsp3) is 0.417. The lowest BCUT2D eigenvalue weighted by molar-refractivity contribution is 0.301. The first-order valence-corrected chi connectivity index (χ1v) is 5.26. The maximum absolute atomic E-state index is 13.4. The summed E-state index contributed by atoms with van der Waals surface area (Å²) in [4.78, 5) is 1.96. The Morgan fingerprint density at radius 3 is 2.69 bits per heavy atom. The van der Waals surface area contributed by atoms with Crippen molar-refractivity contribution in [3.63, 3.8) is 0 Å². The third-order valence-electron chi connectivity index (χ3n) is 2.51. The second-order valence-electron chi connectivity index (χ2n) is 4.14. The second kappa shape index (κ2) is 5.61. The van der Waals surface area contributed by atoms with Crippen LogP contribution in [0.1, 0.15) is 12.5 Å². The van der Waals surface area contributed by atoms with Crippen molar-refractivity contribution in [3.8, 4) is 0 Å². The third kappa shape index (κ3) is 3.62. The maximum atomic E-state index is 13.4. The molecule has 1 aromatic carbocycles. The molecule has 1 rings (SSSR count). The van der Waals surface area contributed by atoms with E-state index in [9.17, 15) is 4.39 Å². The highest BCUT2D eigenvalue weighted by atomic mass is 19.1. The molecule has 0 bridgehead atoms. The molecule has 1 atom stereocenters. The van der Waals surface area contributed by atoms with E-state index in [0.717, 1.165) is 0 Å². The minimum atomic E-state index is -0.190. The summed E-state index contributed by atoms with van der Waals surface area (Å²) in [5.74, 6) is -0.0259. The molecule has 0 aliphatic carbocycles. The largest absolute Gasteiger partial charge is 0.387 e. The molecule has 3 N–H and O–H groups in total. The summed E-state index contributed by atoms with van der Waals surface area (Å²) in [5, 5.41) is 7.29. The quantitative estimate of drug-likeness (QED) is 0.591. The van der Waals surface area contributed by atoms with Gasteiger partial charge in [-0.2, -0.15) is 0 Å². The van der Waals surface area contributed by atoms with Gasteiger partial charge in [-0.3, -0.25) is 5.41 Å². The lowest BCUT2D eigenvalue weighted by Crippen LogP contribution is -2.31. The van der Waals surface area contributed by atoms with Gasteiger partial charge in [-0.25, -0.2) is 4.39 Å². The monoisotopic (exact) mass is 223 g/mol. The van der Waals surface area contributed by atoms with Gasteiger partial charge in [0, 0.05) is 24.6 Å². The highest BCUT2D eigenvalue weighted by Gasteiger charge is 2.10. The maximum Gasteiger partial charge on any atom is 0.127 e. The number of nitrogens with one attached hydrogen (secondary N) is 1.